The molecule has 58 heavy (non-hydrogen) atoms. The predicted octanol–water partition coefficient (Wildman–Crippen LogP) is 6.03. The van der Waals surface area contributed by atoms with Crippen LogP contribution < -0.4 is 30.2 Å². The van der Waals surface area contributed by atoms with E-state index < -0.39 is 5.92 Å². The summed E-state index contributed by atoms with van der Waals surface area (Å²) in [6.45, 7) is 7.40. The molecule has 3 aromatic carbocycles. The summed E-state index contributed by atoms with van der Waals surface area (Å²) in [5, 5.41) is 12.3. The van der Waals surface area contributed by atoms with Gasteiger partial charge in [0.2, 0.25) is 17.8 Å². The van der Waals surface area contributed by atoms with Gasteiger partial charge in [0.1, 0.15) is 11.4 Å². The Kier molecular flexibility index (Phi) is 10.3. The van der Waals surface area contributed by atoms with Crippen LogP contribution in [0.3, 0.4) is 0 Å². The van der Waals surface area contributed by atoms with E-state index in [1.165, 1.54) is 11.4 Å². The number of amides is 3. The Morgan fingerprint density at radius 2 is 1.55 bits per heavy atom. The van der Waals surface area contributed by atoms with Gasteiger partial charge in [0.05, 0.1) is 39.5 Å². The quantitative estimate of drug-likeness (QED) is 0.178. The molecule has 2 N–H and O–H groups in total. The molecule has 3 fully saturated rings. The minimum absolute atomic E-state index is 0.212. The third kappa shape index (κ3) is 7.40. The van der Waals surface area contributed by atoms with Crippen LogP contribution in [0, 0.1) is 5.92 Å². The van der Waals surface area contributed by atoms with Gasteiger partial charge in [0.25, 0.3) is 5.91 Å². The fraction of sp³-hybridized carbons (Fsp3) is 0.381. The third-order valence-corrected chi connectivity index (χ3v) is 12.6. The van der Waals surface area contributed by atoms with E-state index in [-0.39, 0.29) is 24.4 Å². The van der Waals surface area contributed by atoms with Crippen molar-refractivity contribution in [1.82, 2.24) is 30.0 Å². The normalized spacial score (nSPS) is 19.5. The Bertz CT molecular complexity index is 2370. The number of anilines is 6. The fourth-order valence-electron chi connectivity index (χ4n) is 8.78. The van der Waals surface area contributed by atoms with Gasteiger partial charge in [0.15, 0.2) is 0 Å². The fourth-order valence-corrected chi connectivity index (χ4v) is 9.38. The second-order valence-corrected chi connectivity index (χ2v) is 16.5. The van der Waals surface area contributed by atoms with Crippen LogP contribution in [0.25, 0.3) is 10.9 Å². The van der Waals surface area contributed by atoms with Gasteiger partial charge < -0.3 is 20.0 Å². The number of hydrogen-bond donors (Lipinski definition) is 2. The van der Waals surface area contributed by atoms with Crippen molar-refractivity contribution in [2.24, 2.45) is 13.0 Å². The second-order valence-electron chi connectivity index (χ2n) is 15.7. The molecule has 4 aliphatic rings. The number of halogens is 2. The van der Waals surface area contributed by atoms with Crippen molar-refractivity contribution in [2.45, 2.75) is 31.6 Å². The zero-order valence-corrected chi connectivity index (χ0v) is 34.0. The lowest BCUT2D eigenvalue weighted by atomic mass is 9.92. The average Bonchev–Trinajstić information content (AvgIpc) is 3.55. The SMILES string of the molecule is CN1CN(c2c(Cl)cccc2Cl)C(=O)c2cnc(Nc3ccc(N4CCN(CC5CCN(c6ccc7c(C8CCC(=O)NC8=O)nn(C)c7c6)CC5)CC4)cc3)nc21. The Morgan fingerprint density at radius 1 is 0.845 bits per heavy atom. The number of nitrogens with one attached hydrogen (secondary N) is 2. The molecule has 9 rings (SSSR count). The summed E-state index contributed by atoms with van der Waals surface area (Å²) in [5.41, 5.74) is 5.83. The van der Waals surface area contributed by atoms with E-state index in [0.717, 1.165) is 80.9 Å². The molecule has 0 aliphatic carbocycles. The molecule has 0 bridgehead atoms. The lowest BCUT2D eigenvalue weighted by molar-refractivity contribution is -0.134. The number of piperidine rings is 2. The Hall–Kier alpha value is -5.44. The van der Waals surface area contributed by atoms with E-state index in [9.17, 15) is 14.4 Å². The molecule has 16 heteroatoms. The van der Waals surface area contributed by atoms with Crippen LogP contribution in [-0.2, 0) is 16.6 Å². The number of hydrogen-bond acceptors (Lipinski definition) is 11. The Balaban J connectivity index is 0.753. The molecular weight excluding hydrogens is 777 g/mol. The lowest BCUT2D eigenvalue weighted by Gasteiger charge is -2.40. The molecule has 2 aromatic heterocycles. The minimum atomic E-state index is -0.398. The zero-order valence-electron chi connectivity index (χ0n) is 32.5. The van der Waals surface area contributed by atoms with Crippen LogP contribution in [-0.4, -0.2) is 102 Å². The number of aryl methyl sites for hydroxylation is 1. The van der Waals surface area contributed by atoms with Crippen molar-refractivity contribution in [3.63, 3.8) is 0 Å². The number of fused-ring (bicyclic) bond motifs is 2. The lowest BCUT2D eigenvalue weighted by Crippen LogP contribution is -2.49. The Morgan fingerprint density at radius 3 is 2.28 bits per heavy atom. The van der Waals surface area contributed by atoms with Crippen LogP contribution in [0.2, 0.25) is 10.0 Å². The smallest absolute Gasteiger partial charge is 0.265 e. The van der Waals surface area contributed by atoms with Crippen molar-refractivity contribution >= 4 is 86.3 Å². The van der Waals surface area contributed by atoms with Gasteiger partial charge in [-0.15, -0.1) is 0 Å². The molecule has 3 amide bonds. The highest BCUT2D eigenvalue weighted by Gasteiger charge is 2.34. The van der Waals surface area contributed by atoms with Crippen LogP contribution in [0.15, 0.2) is 66.9 Å². The second kappa shape index (κ2) is 15.7. The summed E-state index contributed by atoms with van der Waals surface area (Å²) in [7, 11) is 3.79. The molecule has 0 radical (unpaired) electrons. The van der Waals surface area contributed by atoms with E-state index >= 15 is 0 Å². The number of piperazine rings is 1. The molecule has 3 saturated heterocycles. The van der Waals surface area contributed by atoms with Gasteiger partial charge in [-0.25, -0.2) is 4.98 Å². The van der Waals surface area contributed by atoms with Crippen molar-refractivity contribution in [2.75, 3.05) is 84.4 Å². The van der Waals surface area contributed by atoms with Crippen LogP contribution >= 0.6 is 23.2 Å². The number of carbonyl (C=O) groups excluding carboxylic acids is 3. The molecule has 6 heterocycles. The van der Waals surface area contributed by atoms with Gasteiger partial charge in [-0.2, -0.15) is 10.1 Å². The first-order valence-electron chi connectivity index (χ1n) is 19.8. The molecule has 4 aliphatic heterocycles. The highest BCUT2D eigenvalue weighted by atomic mass is 35.5. The molecular formula is C42H45Cl2N11O3. The molecule has 1 unspecified atom stereocenters. The van der Waals surface area contributed by atoms with Gasteiger partial charge in [-0.05, 0) is 79.8 Å². The maximum atomic E-state index is 13.5. The molecule has 300 valence electrons. The predicted molar refractivity (Wildman–Crippen MR) is 228 cm³/mol. The number of aromatic nitrogens is 4. The van der Waals surface area contributed by atoms with E-state index in [1.807, 2.05) is 35.8 Å². The first-order chi connectivity index (χ1) is 28.1. The summed E-state index contributed by atoms with van der Waals surface area (Å²) in [6, 6.07) is 19.9. The number of carbonyl (C=O) groups is 3. The minimum Gasteiger partial charge on any atom is -0.371 e. The maximum absolute atomic E-state index is 13.5. The highest BCUT2D eigenvalue weighted by molar-refractivity contribution is 6.40. The van der Waals surface area contributed by atoms with Gasteiger partial charge in [-0.1, -0.05) is 29.3 Å². The summed E-state index contributed by atoms with van der Waals surface area (Å²) in [6.07, 6.45) is 4.68. The van der Waals surface area contributed by atoms with Crippen LogP contribution in [0.1, 0.15) is 47.7 Å². The van der Waals surface area contributed by atoms with Gasteiger partial charge in [0, 0.05) is 95.0 Å². The average molecular weight is 823 g/mol. The van der Waals surface area contributed by atoms with Crippen molar-refractivity contribution in [3.05, 3.63) is 88.2 Å². The number of para-hydroxylation sites is 1. The first-order valence-corrected chi connectivity index (χ1v) is 20.6. The zero-order chi connectivity index (χ0) is 40.1. The number of rotatable bonds is 8. The molecule has 1 atom stereocenters. The van der Waals surface area contributed by atoms with Crippen molar-refractivity contribution < 1.29 is 14.4 Å². The van der Waals surface area contributed by atoms with Crippen LogP contribution in [0.5, 0.6) is 0 Å². The van der Waals surface area contributed by atoms with Crippen LogP contribution in [0.4, 0.5) is 34.5 Å². The van der Waals surface area contributed by atoms with E-state index in [0.29, 0.717) is 51.8 Å². The monoisotopic (exact) mass is 821 g/mol. The van der Waals surface area contributed by atoms with Gasteiger partial charge >= 0.3 is 0 Å². The highest BCUT2D eigenvalue weighted by Crippen LogP contribution is 2.38. The number of nitrogens with zero attached hydrogens (tertiary/aromatic N) is 9. The first kappa shape index (κ1) is 38.1. The summed E-state index contributed by atoms with van der Waals surface area (Å²) in [5.74, 6) is 0.483. The van der Waals surface area contributed by atoms with E-state index in [4.69, 9.17) is 28.3 Å². The summed E-state index contributed by atoms with van der Waals surface area (Å²) in [4.78, 5) is 57.8. The summed E-state index contributed by atoms with van der Waals surface area (Å²) >= 11 is 12.8. The topological polar surface area (TPSA) is 135 Å². The molecule has 14 nitrogen and oxygen atoms in total. The third-order valence-electron chi connectivity index (χ3n) is 12.0. The Labute approximate surface area is 346 Å². The van der Waals surface area contributed by atoms with Crippen molar-refractivity contribution in [1.29, 1.82) is 0 Å². The van der Waals surface area contributed by atoms with Crippen molar-refractivity contribution in [3.8, 4) is 0 Å². The van der Waals surface area contributed by atoms with E-state index in [1.54, 1.807) is 29.3 Å². The molecule has 0 spiro atoms. The summed E-state index contributed by atoms with van der Waals surface area (Å²) < 4.78 is 1.86. The van der Waals surface area contributed by atoms with Gasteiger partial charge in [-0.3, -0.25) is 34.2 Å². The standard InChI is InChI=1S/C42H45Cl2N11O3/c1-50-25-55(38-33(43)4-3-5-34(38)44)41(58)32-23-45-42(48-39(32)50)46-27-6-8-28(9-7-27)54-20-18-52(19-21-54)24-26-14-16-53(17-15-26)29-10-11-30-35(22-29)51(2)49-37(30)31-12-13-36(56)47-40(31)57/h3-11,22-23,26,31H,12-21,24-25H2,1-2H3,(H,45,46,48)(H,47,56,57). The molecule has 0 saturated carbocycles. The maximum Gasteiger partial charge on any atom is 0.265 e. The van der Waals surface area contributed by atoms with E-state index in [2.05, 4.69) is 65.6 Å². The largest absolute Gasteiger partial charge is 0.371 e. The number of imide groups is 1. The number of benzene rings is 3. The molecule has 5 aromatic rings.